The quantitative estimate of drug-likeness (QED) is 0.499. The second-order valence-corrected chi connectivity index (χ2v) is 6.44. The first-order valence-electron chi connectivity index (χ1n) is 8.55. The van der Waals surface area contributed by atoms with Crippen LogP contribution in [0.2, 0.25) is 0 Å². The molecule has 0 fully saturated rings. The van der Waals surface area contributed by atoms with Gasteiger partial charge in [0, 0.05) is 31.2 Å². The van der Waals surface area contributed by atoms with Crippen LogP contribution < -0.4 is 0 Å². The molecular formula is C21H18N4. The van der Waals surface area contributed by atoms with E-state index in [2.05, 4.69) is 63.6 Å². The van der Waals surface area contributed by atoms with Crippen molar-refractivity contribution in [2.75, 3.05) is 0 Å². The highest BCUT2D eigenvalue weighted by Gasteiger charge is 2.11. The van der Waals surface area contributed by atoms with Gasteiger partial charge in [-0.15, -0.1) is 0 Å². The van der Waals surface area contributed by atoms with Crippen molar-refractivity contribution in [3.8, 4) is 0 Å². The van der Waals surface area contributed by atoms with Gasteiger partial charge in [-0.2, -0.15) is 0 Å². The molecule has 0 saturated carbocycles. The van der Waals surface area contributed by atoms with Crippen molar-refractivity contribution >= 4 is 27.5 Å². The Morgan fingerprint density at radius 2 is 1.76 bits per heavy atom. The maximum absolute atomic E-state index is 4.94. The van der Waals surface area contributed by atoms with Crippen molar-refractivity contribution in [1.29, 1.82) is 0 Å². The van der Waals surface area contributed by atoms with E-state index < -0.39 is 0 Å². The fraction of sp³-hybridized carbons (Fsp3) is 0.143. The minimum absolute atomic E-state index is 0.878. The number of pyridine rings is 1. The van der Waals surface area contributed by atoms with Crippen LogP contribution in [-0.2, 0) is 19.9 Å². The Bertz CT molecular complexity index is 1180. The van der Waals surface area contributed by atoms with Gasteiger partial charge in [-0.1, -0.05) is 36.4 Å². The molecule has 0 aliphatic rings. The first kappa shape index (κ1) is 14.2. The average molecular weight is 326 g/mol. The molecule has 0 aliphatic carbocycles. The number of aromatic nitrogens is 4. The zero-order valence-electron chi connectivity index (χ0n) is 14.1. The molecule has 0 amide bonds. The molecule has 4 heteroatoms. The topological polar surface area (TPSA) is 35.1 Å². The summed E-state index contributed by atoms with van der Waals surface area (Å²) in [5, 5.41) is 2.45. The maximum Gasteiger partial charge on any atom is 0.136 e. The van der Waals surface area contributed by atoms with Crippen molar-refractivity contribution in [3.05, 3.63) is 78.5 Å². The first-order valence-corrected chi connectivity index (χ1v) is 8.55. The lowest BCUT2D eigenvalue weighted by atomic mass is 10.1. The van der Waals surface area contributed by atoms with E-state index in [1.54, 1.807) is 0 Å². The van der Waals surface area contributed by atoms with Crippen LogP contribution in [0.3, 0.4) is 0 Å². The van der Waals surface area contributed by atoms with E-state index in [1.165, 1.54) is 16.3 Å². The summed E-state index contributed by atoms with van der Waals surface area (Å²) in [6, 6.07) is 18.8. The summed E-state index contributed by atoms with van der Waals surface area (Å²) < 4.78 is 4.27. The van der Waals surface area contributed by atoms with Gasteiger partial charge in [0.25, 0.3) is 0 Å². The van der Waals surface area contributed by atoms with Crippen molar-refractivity contribution in [2.45, 2.75) is 12.8 Å². The molecule has 5 rings (SSSR count). The minimum Gasteiger partial charge on any atom is -0.331 e. The Hall–Kier alpha value is -3.14. The molecule has 0 aliphatic heterocycles. The van der Waals surface area contributed by atoms with Crippen LogP contribution >= 0.6 is 0 Å². The number of nitrogens with zero attached hydrogens (tertiary/aromatic N) is 4. The predicted molar refractivity (Wildman–Crippen MR) is 101 cm³/mol. The van der Waals surface area contributed by atoms with E-state index in [0.717, 1.165) is 35.5 Å². The van der Waals surface area contributed by atoms with Crippen LogP contribution in [-0.4, -0.2) is 18.9 Å². The molecular weight excluding hydrogens is 308 g/mol. The van der Waals surface area contributed by atoms with Gasteiger partial charge in [0.1, 0.15) is 11.5 Å². The number of fused-ring (bicyclic) bond motifs is 4. The van der Waals surface area contributed by atoms with E-state index in [0.29, 0.717) is 0 Å². The predicted octanol–water partition coefficient (Wildman–Crippen LogP) is 4.16. The molecule has 0 unspecified atom stereocenters. The maximum atomic E-state index is 4.94. The Morgan fingerprint density at radius 1 is 0.880 bits per heavy atom. The zero-order chi connectivity index (χ0) is 16.8. The lowest BCUT2D eigenvalue weighted by Gasteiger charge is -2.01. The van der Waals surface area contributed by atoms with Crippen LogP contribution in [0.25, 0.3) is 27.5 Å². The van der Waals surface area contributed by atoms with Crippen molar-refractivity contribution in [2.24, 2.45) is 7.05 Å². The number of aryl methyl sites for hydroxylation is 3. The molecule has 3 aromatic heterocycles. The highest BCUT2D eigenvalue weighted by molar-refractivity contribution is 6.04. The SMILES string of the molecule is Cn1c(CCc2cn3ccccc3n2)nc2c3ccccc3ccc21. The Morgan fingerprint density at radius 3 is 2.68 bits per heavy atom. The van der Waals surface area contributed by atoms with E-state index >= 15 is 0 Å². The monoisotopic (exact) mass is 326 g/mol. The van der Waals surface area contributed by atoms with Gasteiger partial charge >= 0.3 is 0 Å². The summed E-state index contributed by atoms with van der Waals surface area (Å²) in [6.45, 7) is 0. The Balaban J connectivity index is 1.52. The highest BCUT2D eigenvalue weighted by atomic mass is 15.1. The summed E-state index contributed by atoms with van der Waals surface area (Å²) in [5.41, 5.74) is 4.37. The third-order valence-corrected chi connectivity index (χ3v) is 4.89. The van der Waals surface area contributed by atoms with E-state index in [4.69, 9.17) is 4.98 Å². The summed E-state index contributed by atoms with van der Waals surface area (Å²) >= 11 is 0. The van der Waals surface area contributed by atoms with Gasteiger partial charge in [0.05, 0.1) is 16.7 Å². The smallest absolute Gasteiger partial charge is 0.136 e. The van der Waals surface area contributed by atoms with E-state index in [1.807, 2.05) is 24.4 Å². The summed E-state index contributed by atoms with van der Waals surface area (Å²) in [6.07, 6.45) is 5.90. The first-order chi connectivity index (χ1) is 12.3. The second kappa shape index (κ2) is 5.45. The van der Waals surface area contributed by atoms with Crippen LogP contribution in [0.4, 0.5) is 0 Å². The van der Waals surface area contributed by atoms with Gasteiger partial charge in [-0.05, 0) is 30.0 Å². The fourth-order valence-electron chi connectivity index (χ4n) is 3.55. The van der Waals surface area contributed by atoms with E-state index in [-0.39, 0.29) is 0 Å². The third-order valence-electron chi connectivity index (χ3n) is 4.89. The van der Waals surface area contributed by atoms with Crippen LogP contribution in [0, 0.1) is 0 Å². The number of rotatable bonds is 3. The minimum atomic E-state index is 0.878. The summed E-state index contributed by atoms with van der Waals surface area (Å²) in [7, 11) is 2.10. The number of hydrogen-bond acceptors (Lipinski definition) is 2. The molecule has 25 heavy (non-hydrogen) atoms. The molecule has 0 saturated heterocycles. The van der Waals surface area contributed by atoms with Crippen LogP contribution in [0.15, 0.2) is 67.0 Å². The van der Waals surface area contributed by atoms with E-state index in [9.17, 15) is 0 Å². The number of imidazole rings is 2. The molecule has 0 bridgehead atoms. The molecule has 2 aromatic carbocycles. The standard InChI is InChI=1S/C21H18N4/c1-24-18-11-9-15-6-2-3-7-17(15)21(18)23-19(24)12-10-16-14-25-13-5-4-8-20(25)22-16/h2-9,11,13-14H,10,12H2,1H3. The van der Waals surface area contributed by atoms with Crippen molar-refractivity contribution in [1.82, 2.24) is 18.9 Å². The molecule has 0 atom stereocenters. The second-order valence-electron chi connectivity index (χ2n) is 6.44. The summed E-state index contributed by atoms with van der Waals surface area (Å²) in [4.78, 5) is 9.63. The molecule has 122 valence electrons. The molecule has 0 spiro atoms. The molecule has 0 N–H and O–H groups in total. The number of hydrogen-bond donors (Lipinski definition) is 0. The zero-order valence-corrected chi connectivity index (χ0v) is 14.1. The lowest BCUT2D eigenvalue weighted by molar-refractivity contribution is 0.779. The average Bonchev–Trinajstić information content (AvgIpc) is 3.21. The van der Waals surface area contributed by atoms with Gasteiger partial charge in [-0.25, -0.2) is 9.97 Å². The fourth-order valence-corrected chi connectivity index (χ4v) is 3.55. The largest absolute Gasteiger partial charge is 0.331 e. The molecule has 5 aromatic rings. The van der Waals surface area contributed by atoms with Gasteiger partial charge in [-0.3, -0.25) is 0 Å². The summed E-state index contributed by atoms with van der Waals surface area (Å²) in [5.74, 6) is 1.10. The highest BCUT2D eigenvalue weighted by Crippen LogP contribution is 2.25. The van der Waals surface area contributed by atoms with Crippen LogP contribution in [0.5, 0.6) is 0 Å². The molecule has 4 nitrogen and oxygen atoms in total. The molecule has 0 radical (unpaired) electrons. The number of benzene rings is 2. The van der Waals surface area contributed by atoms with Crippen molar-refractivity contribution in [3.63, 3.8) is 0 Å². The Labute approximate surface area is 145 Å². The van der Waals surface area contributed by atoms with Gasteiger partial charge < -0.3 is 8.97 Å². The Kier molecular flexibility index (Phi) is 3.10. The third kappa shape index (κ3) is 2.30. The van der Waals surface area contributed by atoms with Crippen LogP contribution in [0.1, 0.15) is 11.5 Å². The van der Waals surface area contributed by atoms with Gasteiger partial charge in [0.15, 0.2) is 0 Å². The lowest BCUT2D eigenvalue weighted by Crippen LogP contribution is -2.00. The van der Waals surface area contributed by atoms with Crippen molar-refractivity contribution < 1.29 is 0 Å². The van der Waals surface area contributed by atoms with Gasteiger partial charge in [0.2, 0.25) is 0 Å². The normalized spacial score (nSPS) is 11.7. The molecule has 3 heterocycles.